The number of carbonyl (C=O) groups is 1. The molecule has 1 aromatic heterocycles. The van der Waals surface area contributed by atoms with E-state index < -0.39 is 0 Å². The number of methoxy groups -OCH3 is 1. The second kappa shape index (κ2) is 8.22. The van der Waals surface area contributed by atoms with Crippen LogP contribution < -0.4 is 9.64 Å². The van der Waals surface area contributed by atoms with Crippen molar-refractivity contribution in [3.8, 4) is 11.4 Å². The molecule has 0 bridgehead atoms. The van der Waals surface area contributed by atoms with Crippen LogP contribution in [0.2, 0.25) is 0 Å². The summed E-state index contributed by atoms with van der Waals surface area (Å²) in [5, 5.41) is 12.1. The molecular formula is C19H21N5O2S. The topological polar surface area (TPSA) is 73.1 Å². The largest absolute Gasteiger partial charge is 0.494 e. The van der Waals surface area contributed by atoms with Gasteiger partial charge in [0.25, 0.3) is 0 Å². The van der Waals surface area contributed by atoms with E-state index in [9.17, 15) is 4.79 Å². The van der Waals surface area contributed by atoms with Crippen molar-refractivity contribution in [2.45, 2.75) is 24.3 Å². The van der Waals surface area contributed by atoms with E-state index in [1.165, 1.54) is 11.8 Å². The van der Waals surface area contributed by atoms with Crippen LogP contribution in [0.25, 0.3) is 5.69 Å². The van der Waals surface area contributed by atoms with Crippen molar-refractivity contribution < 1.29 is 9.53 Å². The molecule has 8 heteroatoms. The first kappa shape index (κ1) is 18.9. The summed E-state index contributed by atoms with van der Waals surface area (Å²) in [6.07, 6.45) is 0. The fourth-order valence-corrected chi connectivity index (χ4v) is 3.52. The molecular weight excluding hydrogens is 362 g/mol. The molecule has 140 valence electrons. The molecule has 3 rings (SSSR count). The molecule has 1 amide bonds. The molecule has 0 aliphatic carbocycles. The van der Waals surface area contributed by atoms with Crippen LogP contribution in [0.15, 0.2) is 53.7 Å². The fraction of sp³-hybridized carbons (Fsp3) is 0.263. The van der Waals surface area contributed by atoms with Gasteiger partial charge in [0, 0.05) is 12.7 Å². The summed E-state index contributed by atoms with van der Waals surface area (Å²) in [5.74, 6) is 0.632. The molecule has 1 atom stereocenters. The molecule has 0 unspecified atom stereocenters. The SMILES string of the molecule is COc1ccc(C)cc1-n1nnnc1S[C@H](C)C(=O)N(C)c1ccccc1. The third-order valence-corrected chi connectivity index (χ3v) is 5.13. The normalized spacial score (nSPS) is 11.9. The number of hydrogen-bond acceptors (Lipinski definition) is 6. The summed E-state index contributed by atoms with van der Waals surface area (Å²) in [4.78, 5) is 14.4. The smallest absolute Gasteiger partial charge is 0.240 e. The van der Waals surface area contributed by atoms with Crippen LogP contribution in [0.4, 0.5) is 5.69 Å². The van der Waals surface area contributed by atoms with Crippen molar-refractivity contribution in [1.29, 1.82) is 0 Å². The van der Waals surface area contributed by atoms with Gasteiger partial charge in [0.15, 0.2) is 0 Å². The van der Waals surface area contributed by atoms with Gasteiger partial charge in [-0.1, -0.05) is 36.0 Å². The standard InChI is InChI=1S/C19H21N5O2S/c1-13-10-11-17(26-4)16(12-13)24-19(20-21-22-24)27-14(2)18(25)23(3)15-8-6-5-7-9-15/h5-12,14H,1-4H3/t14-/m1/s1. The number of rotatable bonds is 6. The first-order chi connectivity index (χ1) is 13.0. The van der Waals surface area contributed by atoms with Gasteiger partial charge in [-0.25, -0.2) is 0 Å². The van der Waals surface area contributed by atoms with Gasteiger partial charge >= 0.3 is 0 Å². The zero-order valence-corrected chi connectivity index (χ0v) is 16.5. The number of anilines is 1. The van der Waals surface area contributed by atoms with E-state index in [0.29, 0.717) is 10.9 Å². The lowest BCUT2D eigenvalue weighted by atomic mass is 10.2. The van der Waals surface area contributed by atoms with Crippen LogP contribution in [0.5, 0.6) is 5.75 Å². The minimum absolute atomic E-state index is 0.0306. The molecule has 27 heavy (non-hydrogen) atoms. The monoisotopic (exact) mass is 383 g/mol. The Morgan fingerprint density at radius 2 is 1.96 bits per heavy atom. The molecule has 0 saturated heterocycles. The van der Waals surface area contributed by atoms with Crippen LogP contribution in [0, 0.1) is 6.92 Å². The Labute approximate surface area is 162 Å². The van der Waals surface area contributed by atoms with E-state index in [1.54, 1.807) is 23.7 Å². The predicted molar refractivity (Wildman–Crippen MR) is 106 cm³/mol. The second-order valence-corrected chi connectivity index (χ2v) is 7.35. The molecule has 0 spiro atoms. The molecule has 7 nitrogen and oxygen atoms in total. The molecule has 0 aliphatic rings. The quantitative estimate of drug-likeness (QED) is 0.609. The van der Waals surface area contributed by atoms with Crippen molar-refractivity contribution in [2.75, 3.05) is 19.1 Å². The molecule has 0 N–H and O–H groups in total. The summed E-state index contributed by atoms with van der Waals surface area (Å²) in [6, 6.07) is 15.3. The Kier molecular flexibility index (Phi) is 5.75. The number of thioether (sulfide) groups is 1. The van der Waals surface area contributed by atoms with Crippen LogP contribution in [-0.2, 0) is 4.79 Å². The lowest BCUT2D eigenvalue weighted by molar-refractivity contribution is -0.117. The number of tetrazole rings is 1. The Morgan fingerprint density at radius 1 is 1.22 bits per heavy atom. The summed E-state index contributed by atoms with van der Waals surface area (Å²) in [5.41, 5.74) is 2.64. The molecule has 3 aromatic rings. The van der Waals surface area contributed by atoms with E-state index in [1.807, 2.05) is 62.4 Å². The maximum Gasteiger partial charge on any atom is 0.240 e. The summed E-state index contributed by atoms with van der Waals surface area (Å²) in [6.45, 7) is 3.83. The number of hydrogen-bond donors (Lipinski definition) is 0. The van der Waals surface area contributed by atoms with Gasteiger partial charge in [-0.3, -0.25) is 4.79 Å². The van der Waals surface area contributed by atoms with Crippen LogP contribution in [-0.4, -0.2) is 45.5 Å². The highest BCUT2D eigenvalue weighted by Crippen LogP contribution is 2.29. The van der Waals surface area contributed by atoms with Gasteiger partial charge in [-0.2, -0.15) is 4.68 Å². The molecule has 0 saturated carbocycles. The number of benzene rings is 2. The van der Waals surface area contributed by atoms with Crippen molar-refractivity contribution in [1.82, 2.24) is 20.2 Å². The maximum atomic E-state index is 12.8. The van der Waals surface area contributed by atoms with Crippen LogP contribution in [0.1, 0.15) is 12.5 Å². The lowest BCUT2D eigenvalue weighted by Crippen LogP contribution is -2.33. The van der Waals surface area contributed by atoms with Crippen LogP contribution >= 0.6 is 11.8 Å². The Balaban J connectivity index is 1.83. The van der Waals surface area contributed by atoms with E-state index in [0.717, 1.165) is 16.9 Å². The van der Waals surface area contributed by atoms with Gasteiger partial charge in [0.2, 0.25) is 11.1 Å². The Hall–Kier alpha value is -2.87. The molecule has 0 aliphatic heterocycles. The zero-order valence-electron chi connectivity index (χ0n) is 15.7. The fourth-order valence-electron chi connectivity index (χ4n) is 2.63. The summed E-state index contributed by atoms with van der Waals surface area (Å²) >= 11 is 1.31. The minimum atomic E-state index is -0.365. The second-order valence-electron chi connectivity index (χ2n) is 6.04. The van der Waals surface area contributed by atoms with Gasteiger partial charge in [0.05, 0.1) is 12.4 Å². The van der Waals surface area contributed by atoms with Gasteiger partial charge < -0.3 is 9.64 Å². The Morgan fingerprint density at radius 3 is 2.67 bits per heavy atom. The molecule has 1 heterocycles. The number of para-hydroxylation sites is 1. The maximum absolute atomic E-state index is 12.8. The first-order valence-electron chi connectivity index (χ1n) is 8.44. The average Bonchev–Trinajstić information content (AvgIpc) is 3.15. The van der Waals surface area contributed by atoms with Crippen molar-refractivity contribution >= 4 is 23.4 Å². The highest BCUT2D eigenvalue weighted by Gasteiger charge is 2.23. The number of carbonyl (C=O) groups excluding carboxylic acids is 1. The number of ether oxygens (including phenoxy) is 1. The van der Waals surface area contributed by atoms with E-state index in [-0.39, 0.29) is 11.2 Å². The van der Waals surface area contributed by atoms with Crippen molar-refractivity contribution in [2.24, 2.45) is 0 Å². The lowest BCUT2D eigenvalue weighted by Gasteiger charge is -2.21. The number of aryl methyl sites for hydroxylation is 1. The third-order valence-electron chi connectivity index (χ3n) is 4.11. The number of aromatic nitrogens is 4. The first-order valence-corrected chi connectivity index (χ1v) is 9.32. The van der Waals surface area contributed by atoms with Crippen molar-refractivity contribution in [3.63, 3.8) is 0 Å². The van der Waals surface area contributed by atoms with E-state index in [4.69, 9.17) is 4.74 Å². The summed E-state index contributed by atoms with van der Waals surface area (Å²) < 4.78 is 7.03. The third kappa shape index (κ3) is 4.11. The summed E-state index contributed by atoms with van der Waals surface area (Å²) in [7, 11) is 3.37. The molecule has 2 aromatic carbocycles. The van der Waals surface area contributed by atoms with Crippen molar-refractivity contribution in [3.05, 3.63) is 54.1 Å². The molecule has 0 radical (unpaired) electrons. The molecule has 0 fully saturated rings. The average molecular weight is 383 g/mol. The van der Waals surface area contributed by atoms with E-state index >= 15 is 0 Å². The van der Waals surface area contributed by atoms with Gasteiger partial charge in [-0.05, 0) is 54.1 Å². The number of nitrogens with zero attached hydrogens (tertiary/aromatic N) is 5. The highest BCUT2D eigenvalue weighted by molar-refractivity contribution is 8.00. The Bertz CT molecular complexity index is 929. The van der Waals surface area contributed by atoms with Gasteiger partial charge in [-0.15, -0.1) is 5.10 Å². The van der Waals surface area contributed by atoms with Crippen LogP contribution in [0.3, 0.4) is 0 Å². The van der Waals surface area contributed by atoms with E-state index in [2.05, 4.69) is 15.5 Å². The minimum Gasteiger partial charge on any atom is -0.494 e. The zero-order chi connectivity index (χ0) is 19.4. The highest BCUT2D eigenvalue weighted by atomic mass is 32.2. The predicted octanol–water partition coefficient (Wildman–Crippen LogP) is 3.12. The number of amides is 1. The van der Waals surface area contributed by atoms with Gasteiger partial charge in [0.1, 0.15) is 11.4 Å².